The number of nitrogen functional groups attached to an aromatic ring is 1. The van der Waals surface area contributed by atoms with Crippen molar-refractivity contribution in [3.63, 3.8) is 0 Å². The number of hydrogen-bond donors (Lipinski definition) is 2. The zero-order valence-corrected chi connectivity index (χ0v) is 12.8. The van der Waals surface area contributed by atoms with Crippen molar-refractivity contribution in [2.75, 3.05) is 24.8 Å². The number of rotatable bonds is 6. The highest BCUT2D eigenvalue weighted by Crippen LogP contribution is 2.26. The van der Waals surface area contributed by atoms with Crippen molar-refractivity contribution in [2.45, 2.75) is 13.3 Å². The standard InChI is InChI=1S/C17H20N2O3/c1-12-5-3-4-6-15(12)22-10-9-17(20)19-14-8-7-13(18)11-16(14)21-2/h3-8,11H,9-10,18H2,1-2H3,(H,19,20). The molecule has 0 saturated heterocycles. The van der Waals surface area contributed by atoms with Gasteiger partial charge in [0.1, 0.15) is 11.5 Å². The second kappa shape index (κ2) is 7.36. The molecule has 2 rings (SSSR count). The molecule has 0 spiro atoms. The molecule has 0 unspecified atom stereocenters. The molecule has 0 saturated carbocycles. The molecule has 0 aromatic heterocycles. The highest BCUT2D eigenvalue weighted by Gasteiger charge is 2.08. The average molecular weight is 300 g/mol. The van der Waals surface area contributed by atoms with Crippen molar-refractivity contribution in [1.29, 1.82) is 0 Å². The maximum Gasteiger partial charge on any atom is 0.227 e. The van der Waals surface area contributed by atoms with E-state index in [1.807, 2.05) is 31.2 Å². The number of methoxy groups -OCH3 is 1. The number of ether oxygens (including phenoxy) is 2. The van der Waals surface area contributed by atoms with E-state index >= 15 is 0 Å². The first kappa shape index (κ1) is 15.7. The topological polar surface area (TPSA) is 73.6 Å². The summed E-state index contributed by atoms with van der Waals surface area (Å²) in [6, 6.07) is 12.8. The number of carbonyl (C=O) groups is 1. The minimum atomic E-state index is -0.142. The van der Waals surface area contributed by atoms with Gasteiger partial charge in [-0.2, -0.15) is 0 Å². The number of amides is 1. The predicted molar refractivity (Wildman–Crippen MR) is 87.3 cm³/mol. The van der Waals surface area contributed by atoms with Crippen LogP contribution in [0.15, 0.2) is 42.5 Å². The third-order valence-electron chi connectivity index (χ3n) is 3.18. The van der Waals surface area contributed by atoms with Gasteiger partial charge in [-0.25, -0.2) is 0 Å². The first-order chi connectivity index (χ1) is 10.6. The Morgan fingerprint density at radius 1 is 1.18 bits per heavy atom. The first-order valence-corrected chi connectivity index (χ1v) is 7.02. The second-order valence-corrected chi connectivity index (χ2v) is 4.87. The molecule has 2 aromatic carbocycles. The SMILES string of the molecule is COc1cc(N)ccc1NC(=O)CCOc1ccccc1C. The van der Waals surface area contributed by atoms with Crippen LogP contribution >= 0.6 is 0 Å². The fraction of sp³-hybridized carbons (Fsp3) is 0.235. The van der Waals surface area contributed by atoms with Gasteiger partial charge in [-0.15, -0.1) is 0 Å². The van der Waals surface area contributed by atoms with E-state index < -0.39 is 0 Å². The molecular weight excluding hydrogens is 280 g/mol. The lowest BCUT2D eigenvalue weighted by Gasteiger charge is -2.12. The van der Waals surface area contributed by atoms with Crippen molar-refractivity contribution >= 4 is 17.3 Å². The van der Waals surface area contributed by atoms with Crippen molar-refractivity contribution in [1.82, 2.24) is 0 Å². The van der Waals surface area contributed by atoms with Gasteiger partial charge in [-0.1, -0.05) is 18.2 Å². The molecule has 0 bridgehead atoms. The highest BCUT2D eigenvalue weighted by molar-refractivity contribution is 5.92. The van der Waals surface area contributed by atoms with E-state index in [0.29, 0.717) is 23.7 Å². The molecule has 0 aliphatic rings. The van der Waals surface area contributed by atoms with Crippen LogP contribution in [0.25, 0.3) is 0 Å². The third-order valence-corrected chi connectivity index (χ3v) is 3.18. The van der Waals surface area contributed by atoms with E-state index in [9.17, 15) is 4.79 Å². The zero-order valence-electron chi connectivity index (χ0n) is 12.8. The Balaban J connectivity index is 1.87. The summed E-state index contributed by atoms with van der Waals surface area (Å²) in [7, 11) is 1.53. The van der Waals surface area contributed by atoms with Gasteiger partial charge in [0.05, 0.1) is 25.8 Å². The van der Waals surface area contributed by atoms with Crippen LogP contribution in [0.2, 0.25) is 0 Å². The van der Waals surface area contributed by atoms with E-state index in [0.717, 1.165) is 11.3 Å². The lowest BCUT2D eigenvalue weighted by Crippen LogP contribution is -2.16. The number of para-hydroxylation sites is 1. The summed E-state index contributed by atoms with van der Waals surface area (Å²) in [5.74, 6) is 1.19. The molecule has 5 heteroatoms. The molecule has 0 heterocycles. The molecule has 2 aromatic rings. The second-order valence-electron chi connectivity index (χ2n) is 4.87. The van der Waals surface area contributed by atoms with Crippen molar-refractivity contribution in [2.24, 2.45) is 0 Å². The lowest BCUT2D eigenvalue weighted by molar-refractivity contribution is -0.116. The van der Waals surface area contributed by atoms with E-state index in [-0.39, 0.29) is 12.3 Å². The van der Waals surface area contributed by atoms with Crippen molar-refractivity contribution in [3.05, 3.63) is 48.0 Å². The number of benzene rings is 2. The van der Waals surface area contributed by atoms with Gasteiger partial charge in [-0.05, 0) is 30.7 Å². The minimum Gasteiger partial charge on any atom is -0.494 e. The number of hydrogen-bond acceptors (Lipinski definition) is 4. The summed E-state index contributed by atoms with van der Waals surface area (Å²) in [4.78, 5) is 12.0. The Kier molecular flexibility index (Phi) is 5.25. The van der Waals surface area contributed by atoms with Gasteiger partial charge < -0.3 is 20.5 Å². The Morgan fingerprint density at radius 2 is 1.95 bits per heavy atom. The average Bonchev–Trinajstić information content (AvgIpc) is 2.51. The molecule has 0 atom stereocenters. The molecule has 22 heavy (non-hydrogen) atoms. The zero-order chi connectivity index (χ0) is 15.9. The van der Waals surface area contributed by atoms with E-state index in [2.05, 4.69) is 5.32 Å². The maximum absolute atomic E-state index is 12.0. The van der Waals surface area contributed by atoms with E-state index in [4.69, 9.17) is 15.2 Å². The molecule has 5 nitrogen and oxygen atoms in total. The number of carbonyl (C=O) groups excluding carboxylic acids is 1. The van der Waals surface area contributed by atoms with Gasteiger partial charge in [-0.3, -0.25) is 4.79 Å². The van der Waals surface area contributed by atoms with Gasteiger partial charge in [0.25, 0.3) is 0 Å². The van der Waals surface area contributed by atoms with Crippen LogP contribution in [0, 0.1) is 6.92 Å². The molecule has 0 fully saturated rings. The van der Waals surface area contributed by atoms with Crippen LogP contribution in [0.3, 0.4) is 0 Å². The normalized spacial score (nSPS) is 10.1. The summed E-state index contributed by atoms with van der Waals surface area (Å²) in [6.45, 7) is 2.28. The molecule has 1 amide bonds. The van der Waals surface area contributed by atoms with Crippen molar-refractivity contribution < 1.29 is 14.3 Å². The third kappa shape index (κ3) is 4.15. The number of nitrogens with two attached hydrogens (primary N) is 1. The van der Waals surface area contributed by atoms with Crippen molar-refractivity contribution in [3.8, 4) is 11.5 Å². The number of anilines is 2. The lowest BCUT2D eigenvalue weighted by atomic mass is 10.2. The van der Waals surface area contributed by atoms with E-state index in [1.54, 1.807) is 18.2 Å². The van der Waals surface area contributed by atoms with Gasteiger partial charge in [0.15, 0.2) is 0 Å². The monoisotopic (exact) mass is 300 g/mol. The quantitative estimate of drug-likeness (QED) is 0.804. The fourth-order valence-corrected chi connectivity index (χ4v) is 2.00. The minimum absolute atomic E-state index is 0.142. The molecule has 3 N–H and O–H groups in total. The summed E-state index contributed by atoms with van der Waals surface area (Å²) < 4.78 is 10.8. The molecule has 116 valence electrons. The van der Waals surface area contributed by atoms with Crippen LogP contribution in [0.1, 0.15) is 12.0 Å². The highest BCUT2D eigenvalue weighted by atomic mass is 16.5. The summed E-state index contributed by atoms with van der Waals surface area (Å²) in [5.41, 5.74) is 7.90. The van der Waals surface area contributed by atoms with Crippen LogP contribution in [-0.2, 0) is 4.79 Å². The molecule has 0 aliphatic heterocycles. The number of aryl methyl sites for hydroxylation is 1. The van der Waals surface area contributed by atoms with Gasteiger partial charge in [0, 0.05) is 11.8 Å². The van der Waals surface area contributed by atoms with E-state index in [1.165, 1.54) is 7.11 Å². The summed E-state index contributed by atoms with van der Waals surface area (Å²) >= 11 is 0. The summed E-state index contributed by atoms with van der Waals surface area (Å²) in [6.07, 6.45) is 0.252. The number of nitrogens with one attached hydrogen (secondary N) is 1. The van der Waals surface area contributed by atoms with Crippen LogP contribution in [0.5, 0.6) is 11.5 Å². The Morgan fingerprint density at radius 3 is 2.68 bits per heavy atom. The molecule has 0 aliphatic carbocycles. The maximum atomic E-state index is 12.0. The molecular formula is C17H20N2O3. The van der Waals surface area contributed by atoms with Gasteiger partial charge in [0.2, 0.25) is 5.91 Å². The van der Waals surface area contributed by atoms with Crippen LogP contribution in [0.4, 0.5) is 11.4 Å². The Bertz CT molecular complexity index is 656. The van der Waals surface area contributed by atoms with Crippen LogP contribution in [-0.4, -0.2) is 19.6 Å². The summed E-state index contributed by atoms with van der Waals surface area (Å²) in [5, 5.41) is 2.79. The Hall–Kier alpha value is -2.69. The van der Waals surface area contributed by atoms with Crippen LogP contribution < -0.4 is 20.5 Å². The fourth-order valence-electron chi connectivity index (χ4n) is 2.00. The molecule has 0 radical (unpaired) electrons. The Labute approximate surface area is 130 Å². The smallest absolute Gasteiger partial charge is 0.227 e. The predicted octanol–water partition coefficient (Wildman–Crippen LogP) is 2.99. The first-order valence-electron chi connectivity index (χ1n) is 7.02. The van der Waals surface area contributed by atoms with Gasteiger partial charge >= 0.3 is 0 Å². The largest absolute Gasteiger partial charge is 0.494 e.